The standard InChI is InChI=1S/C23H19NO2/c1-17-15-20-9-5-6-10-22(20)24(17)21-13-11-19(12-14-21)23(25)26-16-18-7-3-2-4-8-18/h2-15H,16H2,1H3. The third-order valence-corrected chi connectivity index (χ3v) is 4.47. The van der Waals surface area contributed by atoms with Gasteiger partial charge in [-0.25, -0.2) is 4.79 Å². The van der Waals surface area contributed by atoms with Crippen LogP contribution in [0.15, 0.2) is 84.9 Å². The van der Waals surface area contributed by atoms with Gasteiger partial charge in [0.1, 0.15) is 6.61 Å². The molecular weight excluding hydrogens is 322 g/mol. The zero-order chi connectivity index (χ0) is 17.9. The maximum Gasteiger partial charge on any atom is 0.338 e. The predicted molar refractivity (Wildman–Crippen MR) is 104 cm³/mol. The number of carbonyl (C=O) groups is 1. The van der Waals surface area contributed by atoms with Crippen LogP contribution in [-0.4, -0.2) is 10.5 Å². The van der Waals surface area contributed by atoms with E-state index in [1.807, 2.05) is 66.7 Å². The van der Waals surface area contributed by atoms with E-state index < -0.39 is 0 Å². The lowest BCUT2D eigenvalue weighted by Crippen LogP contribution is -2.05. The summed E-state index contributed by atoms with van der Waals surface area (Å²) in [7, 11) is 0. The summed E-state index contributed by atoms with van der Waals surface area (Å²) in [6.07, 6.45) is 0. The lowest BCUT2D eigenvalue weighted by atomic mass is 10.2. The highest BCUT2D eigenvalue weighted by Gasteiger charge is 2.10. The van der Waals surface area contributed by atoms with Crippen molar-refractivity contribution in [1.82, 2.24) is 4.57 Å². The molecule has 0 aliphatic carbocycles. The fraction of sp³-hybridized carbons (Fsp3) is 0.0870. The monoisotopic (exact) mass is 341 g/mol. The number of para-hydroxylation sites is 1. The van der Waals surface area contributed by atoms with Crippen molar-refractivity contribution >= 4 is 16.9 Å². The molecule has 0 atom stereocenters. The number of aromatic nitrogens is 1. The fourth-order valence-corrected chi connectivity index (χ4v) is 3.19. The molecule has 0 unspecified atom stereocenters. The Bertz CT molecular complexity index is 1050. The van der Waals surface area contributed by atoms with Crippen molar-refractivity contribution in [1.29, 1.82) is 0 Å². The molecule has 26 heavy (non-hydrogen) atoms. The van der Waals surface area contributed by atoms with E-state index in [2.05, 4.69) is 29.7 Å². The molecule has 3 aromatic carbocycles. The molecule has 0 aliphatic rings. The fourth-order valence-electron chi connectivity index (χ4n) is 3.19. The molecule has 0 N–H and O–H groups in total. The maximum absolute atomic E-state index is 12.3. The van der Waals surface area contributed by atoms with Gasteiger partial charge in [0.2, 0.25) is 0 Å². The SMILES string of the molecule is Cc1cc2ccccc2n1-c1ccc(C(=O)OCc2ccccc2)cc1. The van der Waals surface area contributed by atoms with Gasteiger partial charge in [-0.1, -0.05) is 48.5 Å². The molecule has 3 nitrogen and oxygen atoms in total. The highest BCUT2D eigenvalue weighted by Crippen LogP contribution is 2.24. The second-order valence-electron chi connectivity index (χ2n) is 6.29. The van der Waals surface area contributed by atoms with Crippen LogP contribution in [-0.2, 0) is 11.3 Å². The largest absolute Gasteiger partial charge is 0.457 e. The van der Waals surface area contributed by atoms with Gasteiger partial charge in [-0.2, -0.15) is 0 Å². The van der Waals surface area contributed by atoms with Gasteiger partial charge in [-0.3, -0.25) is 0 Å². The third kappa shape index (κ3) is 3.11. The molecule has 0 bridgehead atoms. The molecule has 0 aliphatic heterocycles. The highest BCUT2D eigenvalue weighted by atomic mass is 16.5. The molecule has 0 radical (unpaired) electrons. The van der Waals surface area contributed by atoms with E-state index >= 15 is 0 Å². The van der Waals surface area contributed by atoms with Gasteiger partial charge < -0.3 is 9.30 Å². The summed E-state index contributed by atoms with van der Waals surface area (Å²) in [6, 6.07) is 27.7. The highest BCUT2D eigenvalue weighted by molar-refractivity contribution is 5.90. The Labute approximate surface area is 152 Å². The Hall–Kier alpha value is -3.33. The number of nitrogens with zero attached hydrogens (tertiary/aromatic N) is 1. The Balaban J connectivity index is 1.55. The topological polar surface area (TPSA) is 31.2 Å². The number of benzene rings is 3. The molecule has 4 aromatic rings. The number of fused-ring (bicyclic) bond motifs is 1. The number of carbonyl (C=O) groups excluding carboxylic acids is 1. The summed E-state index contributed by atoms with van der Waals surface area (Å²) in [5, 5.41) is 1.20. The number of aryl methyl sites for hydroxylation is 1. The number of ether oxygens (including phenoxy) is 1. The molecule has 0 saturated carbocycles. The minimum atomic E-state index is -0.311. The molecule has 0 fully saturated rings. The molecular formula is C23H19NO2. The molecule has 128 valence electrons. The zero-order valence-corrected chi connectivity index (χ0v) is 14.6. The van der Waals surface area contributed by atoms with E-state index in [-0.39, 0.29) is 12.6 Å². The van der Waals surface area contributed by atoms with E-state index in [0.717, 1.165) is 22.5 Å². The number of hydrogen-bond acceptors (Lipinski definition) is 2. The van der Waals surface area contributed by atoms with Crippen LogP contribution in [0, 0.1) is 6.92 Å². The van der Waals surface area contributed by atoms with Crippen LogP contribution in [0.1, 0.15) is 21.6 Å². The summed E-state index contributed by atoms with van der Waals surface area (Å²) < 4.78 is 7.58. The second-order valence-corrected chi connectivity index (χ2v) is 6.29. The van der Waals surface area contributed by atoms with E-state index in [1.54, 1.807) is 0 Å². The Morgan fingerprint density at radius 1 is 0.885 bits per heavy atom. The average molecular weight is 341 g/mol. The van der Waals surface area contributed by atoms with Crippen molar-refractivity contribution in [2.45, 2.75) is 13.5 Å². The second kappa shape index (κ2) is 6.89. The van der Waals surface area contributed by atoms with Crippen LogP contribution in [0.2, 0.25) is 0 Å². The quantitative estimate of drug-likeness (QED) is 0.472. The first-order valence-corrected chi connectivity index (χ1v) is 8.61. The number of hydrogen-bond donors (Lipinski definition) is 0. The predicted octanol–water partition coefficient (Wildman–Crippen LogP) is 5.30. The average Bonchev–Trinajstić information content (AvgIpc) is 3.03. The molecule has 0 saturated heterocycles. The maximum atomic E-state index is 12.3. The molecule has 1 aromatic heterocycles. The van der Waals surface area contributed by atoms with Crippen LogP contribution in [0.3, 0.4) is 0 Å². The molecule has 0 amide bonds. The zero-order valence-electron chi connectivity index (χ0n) is 14.6. The van der Waals surface area contributed by atoms with Gasteiger partial charge in [0.25, 0.3) is 0 Å². The van der Waals surface area contributed by atoms with Crippen LogP contribution in [0.25, 0.3) is 16.6 Å². The van der Waals surface area contributed by atoms with E-state index in [9.17, 15) is 4.79 Å². The Morgan fingerprint density at radius 2 is 1.58 bits per heavy atom. The van der Waals surface area contributed by atoms with Gasteiger partial charge in [-0.15, -0.1) is 0 Å². The van der Waals surface area contributed by atoms with Crippen LogP contribution in [0.4, 0.5) is 0 Å². The van der Waals surface area contributed by atoms with Gasteiger partial charge in [-0.05, 0) is 48.9 Å². The summed E-state index contributed by atoms with van der Waals surface area (Å²) in [4.78, 5) is 12.3. The third-order valence-electron chi connectivity index (χ3n) is 4.47. The normalized spacial score (nSPS) is 10.8. The van der Waals surface area contributed by atoms with E-state index in [0.29, 0.717) is 5.56 Å². The van der Waals surface area contributed by atoms with Gasteiger partial charge in [0.05, 0.1) is 11.1 Å². The molecule has 4 rings (SSSR count). The lowest BCUT2D eigenvalue weighted by Gasteiger charge is -2.10. The van der Waals surface area contributed by atoms with Crippen molar-refractivity contribution in [3.05, 3.63) is 102 Å². The lowest BCUT2D eigenvalue weighted by molar-refractivity contribution is 0.0473. The Kier molecular flexibility index (Phi) is 4.28. The van der Waals surface area contributed by atoms with E-state index in [4.69, 9.17) is 4.74 Å². The summed E-state index contributed by atoms with van der Waals surface area (Å²) >= 11 is 0. The van der Waals surface area contributed by atoms with Crippen LogP contribution < -0.4 is 0 Å². The van der Waals surface area contributed by atoms with Crippen molar-refractivity contribution in [3.63, 3.8) is 0 Å². The summed E-state index contributed by atoms with van der Waals surface area (Å²) in [5.41, 5.74) is 4.88. The van der Waals surface area contributed by atoms with Crippen molar-refractivity contribution < 1.29 is 9.53 Å². The first kappa shape index (κ1) is 16.2. The minimum absolute atomic E-state index is 0.281. The summed E-state index contributed by atoms with van der Waals surface area (Å²) in [5.74, 6) is -0.311. The smallest absolute Gasteiger partial charge is 0.338 e. The van der Waals surface area contributed by atoms with Gasteiger partial charge >= 0.3 is 5.97 Å². The van der Waals surface area contributed by atoms with Crippen molar-refractivity contribution in [3.8, 4) is 5.69 Å². The van der Waals surface area contributed by atoms with Gasteiger partial charge in [0.15, 0.2) is 0 Å². The minimum Gasteiger partial charge on any atom is -0.457 e. The molecule has 3 heteroatoms. The number of rotatable bonds is 4. The first-order valence-electron chi connectivity index (χ1n) is 8.61. The van der Waals surface area contributed by atoms with Gasteiger partial charge in [0, 0.05) is 16.8 Å². The Morgan fingerprint density at radius 3 is 2.35 bits per heavy atom. The molecule has 0 spiro atoms. The van der Waals surface area contributed by atoms with Crippen molar-refractivity contribution in [2.75, 3.05) is 0 Å². The summed E-state index contributed by atoms with van der Waals surface area (Å²) in [6.45, 7) is 2.37. The first-order chi connectivity index (χ1) is 12.7. The number of esters is 1. The van der Waals surface area contributed by atoms with Crippen LogP contribution >= 0.6 is 0 Å². The van der Waals surface area contributed by atoms with Crippen LogP contribution in [0.5, 0.6) is 0 Å². The van der Waals surface area contributed by atoms with E-state index in [1.165, 1.54) is 5.39 Å². The van der Waals surface area contributed by atoms with Crippen molar-refractivity contribution in [2.24, 2.45) is 0 Å². The molecule has 1 heterocycles.